The topological polar surface area (TPSA) is 102 Å². The zero-order chi connectivity index (χ0) is 11.4. The van der Waals surface area contributed by atoms with Crippen LogP contribution in [-0.2, 0) is 17.4 Å². The Morgan fingerprint density at radius 3 is 2.80 bits per heavy atom. The van der Waals surface area contributed by atoms with Gasteiger partial charge in [-0.15, -0.1) is 0 Å². The molecule has 0 saturated carbocycles. The summed E-state index contributed by atoms with van der Waals surface area (Å²) in [5.74, 6) is 4.80. The minimum atomic E-state index is -0.875. The first-order valence-corrected chi connectivity index (χ1v) is 5.07. The third-order valence-corrected chi connectivity index (χ3v) is 2.56. The van der Waals surface area contributed by atoms with Crippen LogP contribution < -0.4 is 11.3 Å². The Kier molecular flexibility index (Phi) is 4.77. The molecule has 1 heterocycles. The van der Waals surface area contributed by atoms with Gasteiger partial charge in [0.25, 0.3) is 0 Å². The van der Waals surface area contributed by atoms with E-state index in [9.17, 15) is 4.79 Å². The van der Waals surface area contributed by atoms with Gasteiger partial charge in [-0.05, 0) is 11.9 Å². The number of carboxylic acids is 1. The van der Waals surface area contributed by atoms with Gasteiger partial charge in [-0.1, -0.05) is 0 Å². The number of aliphatic hydroxyl groups excluding tert-OH is 1. The lowest BCUT2D eigenvalue weighted by Gasteiger charge is -2.27. The number of hydrogen-bond donors (Lipinski definition) is 4. The van der Waals surface area contributed by atoms with E-state index in [2.05, 4.69) is 5.43 Å². The molecule has 2 unspecified atom stereocenters. The SMILES string of the molecule is NN1C([S-])NN(CCO)C1CCC(=O)O. The summed E-state index contributed by atoms with van der Waals surface area (Å²) in [4.78, 5) is 10.4. The first kappa shape index (κ1) is 12.7. The Balaban J connectivity index is 2.52. The van der Waals surface area contributed by atoms with Gasteiger partial charge < -0.3 is 22.8 Å². The maximum atomic E-state index is 10.4. The fourth-order valence-electron chi connectivity index (χ4n) is 1.49. The van der Waals surface area contributed by atoms with Crippen molar-refractivity contribution < 1.29 is 15.0 Å². The molecular weight excluding hydrogens is 220 g/mol. The molecule has 0 bridgehead atoms. The van der Waals surface area contributed by atoms with Gasteiger partial charge in [-0.3, -0.25) is 16.1 Å². The molecule has 15 heavy (non-hydrogen) atoms. The Morgan fingerprint density at radius 1 is 1.60 bits per heavy atom. The van der Waals surface area contributed by atoms with Crippen LogP contribution in [0.3, 0.4) is 0 Å². The molecule has 1 saturated heterocycles. The molecular formula is C7H15N4O3S-. The number of hydrogen-bond acceptors (Lipinski definition) is 7. The van der Waals surface area contributed by atoms with Gasteiger partial charge in [0.15, 0.2) is 0 Å². The highest BCUT2D eigenvalue weighted by Crippen LogP contribution is 2.15. The van der Waals surface area contributed by atoms with Crippen molar-refractivity contribution in [2.75, 3.05) is 13.2 Å². The molecule has 5 N–H and O–H groups in total. The van der Waals surface area contributed by atoms with Gasteiger partial charge in [0.05, 0.1) is 12.8 Å². The highest BCUT2D eigenvalue weighted by molar-refractivity contribution is 7.59. The summed E-state index contributed by atoms with van der Waals surface area (Å²) in [5, 5.41) is 20.4. The molecule has 1 aliphatic heterocycles. The maximum absolute atomic E-state index is 10.4. The molecule has 7 nitrogen and oxygen atoms in total. The summed E-state index contributed by atoms with van der Waals surface area (Å²) in [6.07, 6.45) is 0.103. The van der Waals surface area contributed by atoms with Crippen molar-refractivity contribution in [3.63, 3.8) is 0 Å². The fourth-order valence-corrected chi connectivity index (χ4v) is 1.77. The van der Waals surface area contributed by atoms with Gasteiger partial charge in [0.1, 0.15) is 0 Å². The van der Waals surface area contributed by atoms with Crippen LogP contribution in [0, 0.1) is 0 Å². The summed E-state index contributed by atoms with van der Waals surface area (Å²) in [6.45, 7) is 0.331. The average molecular weight is 235 g/mol. The van der Waals surface area contributed by atoms with Gasteiger partial charge in [-0.25, -0.2) is 10.0 Å². The molecule has 0 aromatic rings. The summed E-state index contributed by atoms with van der Waals surface area (Å²) >= 11 is 4.99. The predicted octanol–water partition coefficient (Wildman–Crippen LogP) is -2.00. The number of aliphatic carboxylic acids is 1. The number of hydrazine groups is 2. The van der Waals surface area contributed by atoms with Crippen LogP contribution in [-0.4, -0.2) is 51.0 Å². The van der Waals surface area contributed by atoms with Crippen molar-refractivity contribution in [1.82, 2.24) is 15.4 Å². The van der Waals surface area contributed by atoms with Crippen molar-refractivity contribution in [2.45, 2.75) is 24.5 Å². The molecule has 0 spiro atoms. The molecule has 0 amide bonds. The lowest BCUT2D eigenvalue weighted by molar-refractivity contribution is -0.137. The number of nitrogens with zero attached hydrogens (tertiary/aromatic N) is 2. The van der Waals surface area contributed by atoms with E-state index in [1.54, 1.807) is 5.01 Å². The number of rotatable bonds is 5. The minimum Gasteiger partial charge on any atom is -0.756 e. The summed E-state index contributed by atoms with van der Waals surface area (Å²) < 4.78 is 0. The predicted molar refractivity (Wildman–Crippen MR) is 54.8 cm³/mol. The summed E-state index contributed by atoms with van der Waals surface area (Å²) in [5.41, 5.74) is 2.41. The van der Waals surface area contributed by atoms with E-state index in [0.29, 0.717) is 13.0 Å². The summed E-state index contributed by atoms with van der Waals surface area (Å²) in [6, 6.07) is 0. The Bertz CT molecular complexity index is 230. The van der Waals surface area contributed by atoms with Crippen molar-refractivity contribution in [3.8, 4) is 0 Å². The van der Waals surface area contributed by atoms with E-state index < -0.39 is 11.5 Å². The van der Waals surface area contributed by atoms with Crippen LogP contribution in [0.5, 0.6) is 0 Å². The van der Waals surface area contributed by atoms with Crippen LogP contribution in [0.15, 0.2) is 0 Å². The lowest BCUT2D eigenvalue weighted by Crippen LogP contribution is -2.45. The highest BCUT2D eigenvalue weighted by atomic mass is 32.1. The van der Waals surface area contributed by atoms with E-state index in [-0.39, 0.29) is 19.2 Å². The van der Waals surface area contributed by atoms with Crippen LogP contribution in [0.1, 0.15) is 12.8 Å². The molecule has 8 heteroatoms. The second kappa shape index (κ2) is 5.64. The van der Waals surface area contributed by atoms with E-state index in [1.807, 2.05) is 0 Å². The maximum Gasteiger partial charge on any atom is 0.303 e. The van der Waals surface area contributed by atoms with Crippen LogP contribution in [0.25, 0.3) is 0 Å². The highest BCUT2D eigenvalue weighted by Gasteiger charge is 2.30. The number of aliphatic hydroxyl groups is 1. The molecule has 0 aromatic heterocycles. The van der Waals surface area contributed by atoms with Crippen molar-refractivity contribution in [1.29, 1.82) is 0 Å². The van der Waals surface area contributed by atoms with Gasteiger partial charge >= 0.3 is 5.97 Å². The number of carbonyl (C=O) groups is 1. The van der Waals surface area contributed by atoms with Crippen molar-refractivity contribution in [2.24, 2.45) is 5.84 Å². The van der Waals surface area contributed by atoms with Crippen LogP contribution in [0.4, 0.5) is 0 Å². The monoisotopic (exact) mass is 235 g/mol. The molecule has 1 rings (SSSR count). The number of carboxylic acid groups (broad SMARTS) is 1. The second-order valence-electron chi connectivity index (χ2n) is 3.26. The number of nitrogens with two attached hydrogens (primary N) is 1. The van der Waals surface area contributed by atoms with Gasteiger partial charge in [0, 0.05) is 13.0 Å². The van der Waals surface area contributed by atoms with E-state index >= 15 is 0 Å². The second-order valence-corrected chi connectivity index (χ2v) is 3.71. The Morgan fingerprint density at radius 2 is 2.27 bits per heavy atom. The zero-order valence-corrected chi connectivity index (χ0v) is 8.98. The molecule has 1 fully saturated rings. The van der Waals surface area contributed by atoms with Crippen LogP contribution in [0.2, 0.25) is 0 Å². The normalized spacial score (nSPS) is 28.5. The van der Waals surface area contributed by atoms with E-state index in [1.165, 1.54) is 5.01 Å². The van der Waals surface area contributed by atoms with Crippen molar-refractivity contribution in [3.05, 3.63) is 0 Å². The average Bonchev–Trinajstić information content (AvgIpc) is 2.41. The molecule has 2 atom stereocenters. The first-order valence-electron chi connectivity index (χ1n) is 4.60. The molecule has 0 radical (unpaired) electrons. The summed E-state index contributed by atoms with van der Waals surface area (Å²) in [7, 11) is 0. The Hall–Kier alpha value is -0.380. The lowest BCUT2D eigenvalue weighted by atomic mass is 10.2. The standard InChI is InChI=1S/C7H16N4O3S/c8-11-5(1-2-6(13)14)10(3-4-12)9-7(11)15/h5,7,9,12,15H,1-4,8H2,(H,13,14)/p-1. The number of β-amino-alcohol motifs (C(OH)–C–C–N with tert-alkyl or cyclic N) is 1. The zero-order valence-electron chi connectivity index (χ0n) is 8.17. The quantitative estimate of drug-likeness (QED) is 0.320. The molecule has 88 valence electrons. The van der Waals surface area contributed by atoms with E-state index in [0.717, 1.165) is 0 Å². The van der Waals surface area contributed by atoms with Crippen LogP contribution >= 0.6 is 0 Å². The third-order valence-electron chi connectivity index (χ3n) is 2.21. The number of nitrogens with one attached hydrogen (secondary N) is 1. The molecule has 0 aromatic carbocycles. The Labute approximate surface area is 93.2 Å². The van der Waals surface area contributed by atoms with Gasteiger partial charge in [-0.2, -0.15) is 0 Å². The largest absolute Gasteiger partial charge is 0.756 e. The molecule has 1 aliphatic rings. The van der Waals surface area contributed by atoms with E-state index in [4.69, 9.17) is 28.7 Å². The third kappa shape index (κ3) is 3.30. The fraction of sp³-hybridized carbons (Fsp3) is 0.857. The van der Waals surface area contributed by atoms with Crippen molar-refractivity contribution >= 4 is 18.6 Å². The minimum absolute atomic E-state index is 0.0179. The smallest absolute Gasteiger partial charge is 0.303 e. The van der Waals surface area contributed by atoms with Gasteiger partial charge in [0.2, 0.25) is 0 Å². The molecule has 0 aliphatic carbocycles. The first-order chi connectivity index (χ1) is 7.06.